The molecule has 1 aromatic heterocycles. The van der Waals surface area contributed by atoms with Gasteiger partial charge in [0, 0.05) is 5.56 Å². The zero-order valence-corrected chi connectivity index (χ0v) is 16.8. The number of rotatable bonds is 7. The number of carbonyl (C=O) groups excluding carboxylic acids is 1. The number of ether oxygens (including phenoxy) is 2. The first-order valence-electron chi connectivity index (χ1n) is 9.27. The lowest BCUT2D eigenvalue weighted by Crippen LogP contribution is -1.99. The number of thiophene rings is 1. The molecule has 3 nitrogen and oxygen atoms in total. The molecule has 4 aromatic rings. The molecule has 0 saturated heterocycles. The molecule has 3 aromatic carbocycles. The minimum absolute atomic E-state index is 0.00443. The Bertz CT molecular complexity index is 1160. The van der Waals surface area contributed by atoms with Crippen molar-refractivity contribution >= 4 is 34.0 Å². The van der Waals surface area contributed by atoms with Crippen molar-refractivity contribution in [3.8, 4) is 11.5 Å². The van der Waals surface area contributed by atoms with Gasteiger partial charge in [0.1, 0.15) is 18.1 Å². The summed E-state index contributed by atoms with van der Waals surface area (Å²) in [7, 11) is 1.64. The quantitative estimate of drug-likeness (QED) is 0.266. The zero-order valence-electron chi connectivity index (χ0n) is 16.0. The lowest BCUT2D eigenvalue weighted by Gasteiger charge is -2.12. The van der Waals surface area contributed by atoms with Gasteiger partial charge in [-0.15, -0.1) is 11.3 Å². The van der Waals surface area contributed by atoms with E-state index in [1.54, 1.807) is 13.2 Å². The molecule has 4 heteroatoms. The Morgan fingerprint density at radius 2 is 1.83 bits per heavy atom. The first-order valence-corrected chi connectivity index (χ1v) is 10.2. The molecule has 0 aliphatic heterocycles. The Balaban J connectivity index is 1.51. The molecule has 144 valence electrons. The van der Waals surface area contributed by atoms with E-state index in [-0.39, 0.29) is 5.78 Å². The van der Waals surface area contributed by atoms with Gasteiger partial charge < -0.3 is 9.47 Å². The van der Waals surface area contributed by atoms with E-state index in [0.29, 0.717) is 6.61 Å². The Kier molecular flexibility index (Phi) is 5.73. The SMILES string of the molecule is COc1ccc(/C=C/C(=O)c2cccs2)cc1COc1ccc2ccccc2c1. The predicted octanol–water partition coefficient (Wildman–Crippen LogP) is 6.39. The van der Waals surface area contributed by atoms with E-state index in [9.17, 15) is 4.79 Å². The Hall–Kier alpha value is -3.37. The molecule has 0 amide bonds. The van der Waals surface area contributed by atoms with Gasteiger partial charge in [0.05, 0.1) is 12.0 Å². The summed E-state index contributed by atoms with van der Waals surface area (Å²) in [5.74, 6) is 1.57. The average molecular weight is 400 g/mol. The summed E-state index contributed by atoms with van der Waals surface area (Å²) >= 11 is 1.44. The van der Waals surface area contributed by atoms with Crippen LogP contribution in [0, 0.1) is 0 Å². The monoisotopic (exact) mass is 400 g/mol. The zero-order chi connectivity index (χ0) is 20.1. The van der Waals surface area contributed by atoms with Crippen LogP contribution < -0.4 is 9.47 Å². The number of methoxy groups -OCH3 is 1. The molecule has 0 unspecified atom stereocenters. The van der Waals surface area contributed by atoms with Gasteiger partial charge in [-0.05, 0) is 58.1 Å². The van der Waals surface area contributed by atoms with Crippen molar-refractivity contribution in [1.82, 2.24) is 0 Å². The second-order valence-electron chi connectivity index (χ2n) is 6.54. The summed E-state index contributed by atoms with van der Waals surface area (Å²) in [5, 5.41) is 4.22. The molecule has 0 saturated carbocycles. The maximum absolute atomic E-state index is 12.2. The molecule has 0 bridgehead atoms. The van der Waals surface area contributed by atoms with E-state index >= 15 is 0 Å². The number of ketones is 1. The van der Waals surface area contributed by atoms with Gasteiger partial charge in [0.15, 0.2) is 5.78 Å². The highest BCUT2D eigenvalue weighted by Gasteiger charge is 2.07. The smallest absolute Gasteiger partial charge is 0.195 e. The van der Waals surface area contributed by atoms with Gasteiger partial charge in [-0.3, -0.25) is 4.79 Å². The predicted molar refractivity (Wildman–Crippen MR) is 119 cm³/mol. The highest BCUT2D eigenvalue weighted by atomic mass is 32.1. The number of hydrogen-bond acceptors (Lipinski definition) is 4. The van der Waals surface area contributed by atoms with E-state index < -0.39 is 0 Å². The van der Waals surface area contributed by atoms with Crippen molar-refractivity contribution < 1.29 is 14.3 Å². The van der Waals surface area contributed by atoms with Crippen molar-refractivity contribution in [2.24, 2.45) is 0 Å². The van der Waals surface area contributed by atoms with Gasteiger partial charge in [-0.2, -0.15) is 0 Å². The highest BCUT2D eigenvalue weighted by Crippen LogP contribution is 2.25. The maximum Gasteiger partial charge on any atom is 0.195 e. The molecular weight excluding hydrogens is 380 g/mol. The molecule has 29 heavy (non-hydrogen) atoms. The van der Waals surface area contributed by atoms with Gasteiger partial charge in [-0.25, -0.2) is 0 Å². The maximum atomic E-state index is 12.2. The topological polar surface area (TPSA) is 35.5 Å². The highest BCUT2D eigenvalue weighted by molar-refractivity contribution is 7.12. The van der Waals surface area contributed by atoms with Gasteiger partial charge in [0.25, 0.3) is 0 Å². The van der Waals surface area contributed by atoms with E-state index in [2.05, 4.69) is 18.2 Å². The molecular formula is C25H20O3S. The number of allylic oxidation sites excluding steroid dienone is 1. The van der Waals surface area contributed by atoms with Crippen LogP contribution in [0.4, 0.5) is 0 Å². The number of benzene rings is 3. The Labute approximate surface area is 173 Å². The van der Waals surface area contributed by atoms with Crippen LogP contribution in [-0.4, -0.2) is 12.9 Å². The lowest BCUT2D eigenvalue weighted by atomic mass is 10.1. The van der Waals surface area contributed by atoms with Gasteiger partial charge in [0.2, 0.25) is 0 Å². The van der Waals surface area contributed by atoms with Crippen molar-refractivity contribution in [1.29, 1.82) is 0 Å². The van der Waals surface area contributed by atoms with E-state index in [1.807, 2.05) is 66.1 Å². The van der Waals surface area contributed by atoms with Crippen molar-refractivity contribution in [3.63, 3.8) is 0 Å². The fraction of sp³-hybridized carbons (Fsp3) is 0.0800. The third-order valence-electron chi connectivity index (χ3n) is 4.61. The molecule has 1 heterocycles. The molecule has 0 atom stereocenters. The Morgan fingerprint density at radius 3 is 2.62 bits per heavy atom. The molecule has 0 aliphatic carbocycles. The largest absolute Gasteiger partial charge is 0.496 e. The van der Waals surface area contributed by atoms with Crippen LogP contribution in [0.15, 0.2) is 84.3 Å². The first kappa shape index (κ1) is 19.0. The average Bonchev–Trinajstić information content (AvgIpc) is 3.31. The van der Waals surface area contributed by atoms with Gasteiger partial charge >= 0.3 is 0 Å². The molecule has 0 radical (unpaired) electrons. The fourth-order valence-electron chi connectivity index (χ4n) is 3.11. The van der Waals surface area contributed by atoms with E-state index in [1.165, 1.54) is 16.7 Å². The third kappa shape index (κ3) is 4.55. The second kappa shape index (κ2) is 8.76. The minimum Gasteiger partial charge on any atom is -0.496 e. The number of hydrogen-bond donors (Lipinski definition) is 0. The summed E-state index contributed by atoms with van der Waals surface area (Å²) < 4.78 is 11.5. The molecule has 0 fully saturated rings. The summed E-state index contributed by atoms with van der Waals surface area (Å²) in [5.41, 5.74) is 1.85. The van der Waals surface area contributed by atoms with Gasteiger partial charge in [-0.1, -0.05) is 48.5 Å². The molecule has 0 spiro atoms. The van der Waals surface area contributed by atoms with Crippen molar-refractivity contribution in [3.05, 3.63) is 100 Å². The van der Waals surface area contributed by atoms with Crippen LogP contribution in [0.2, 0.25) is 0 Å². The number of fused-ring (bicyclic) bond motifs is 1. The number of carbonyl (C=O) groups is 1. The van der Waals surface area contributed by atoms with E-state index in [4.69, 9.17) is 9.47 Å². The van der Waals surface area contributed by atoms with E-state index in [0.717, 1.165) is 32.9 Å². The van der Waals surface area contributed by atoms with Crippen molar-refractivity contribution in [2.45, 2.75) is 6.61 Å². The van der Waals surface area contributed by atoms with Crippen LogP contribution in [0.25, 0.3) is 16.8 Å². The summed E-state index contributed by atoms with van der Waals surface area (Å²) in [6, 6.07) is 23.8. The lowest BCUT2D eigenvalue weighted by molar-refractivity contribution is 0.105. The molecule has 4 rings (SSSR count). The van der Waals surface area contributed by atoms with Crippen LogP contribution in [0.3, 0.4) is 0 Å². The second-order valence-corrected chi connectivity index (χ2v) is 7.49. The summed E-state index contributed by atoms with van der Waals surface area (Å²) in [6.45, 7) is 0.377. The first-order chi connectivity index (χ1) is 14.2. The summed E-state index contributed by atoms with van der Waals surface area (Å²) in [6.07, 6.45) is 3.42. The standard InChI is InChI=1S/C25H20O3S/c1-27-24-13-9-18(8-12-23(26)25-7-4-14-29-25)15-21(24)17-28-22-11-10-19-5-2-3-6-20(19)16-22/h2-16H,17H2,1H3/b12-8+. The Morgan fingerprint density at radius 1 is 0.966 bits per heavy atom. The summed E-state index contributed by atoms with van der Waals surface area (Å²) in [4.78, 5) is 12.9. The third-order valence-corrected chi connectivity index (χ3v) is 5.50. The van der Waals surface area contributed by atoms with Crippen LogP contribution in [0.5, 0.6) is 11.5 Å². The van der Waals surface area contributed by atoms with Crippen molar-refractivity contribution in [2.75, 3.05) is 7.11 Å². The molecule has 0 N–H and O–H groups in total. The molecule has 0 aliphatic rings. The van der Waals surface area contributed by atoms with Crippen LogP contribution in [0.1, 0.15) is 20.8 Å². The van der Waals surface area contributed by atoms with Crippen LogP contribution >= 0.6 is 11.3 Å². The normalized spacial score (nSPS) is 11.1. The van der Waals surface area contributed by atoms with Crippen LogP contribution in [-0.2, 0) is 6.61 Å². The fourth-order valence-corrected chi connectivity index (χ4v) is 3.75. The minimum atomic E-state index is 0.00443.